The van der Waals surface area contributed by atoms with E-state index in [1.54, 1.807) is 12.1 Å². The van der Waals surface area contributed by atoms with Crippen LogP contribution in [-0.2, 0) is 11.3 Å². The van der Waals surface area contributed by atoms with Gasteiger partial charge in [-0.3, -0.25) is 4.79 Å². The molecule has 1 fully saturated rings. The van der Waals surface area contributed by atoms with Crippen LogP contribution in [0.4, 0.5) is 0 Å². The summed E-state index contributed by atoms with van der Waals surface area (Å²) in [5.41, 5.74) is 0.599. The van der Waals surface area contributed by atoms with Crippen LogP contribution in [0.1, 0.15) is 0 Å². The molecule has 1 saturated heterocycles. The molecule has 1 aromatic carbocycles. The minimum Gasteiger partial charge on any atom is -0.868 e. The number of benzene rings is 1. The molecule has 0 spiro atoms. The number of halogens is 1. The normalized spacial score (nSPS) is 16.2. The van der Waals surface area contributed by atoms with E-state index in [1.807, 2.05) is 18.0 Å². The van der Waals surface area contributed by atoms with Gasteiger partial charge in [0, 0.05) is 41.1 Å². The third-order valence-corrected chi connectivity index (χ3v) is 4.37. The van der Waals surface area contributed by atoms with Crippen molar-refractivity contribution in [2.45, 2.75) is 6.54 Å². The molecule has 0 N–H and O–H groups in total. The highest BCUT2D eigenvalue weighted by molar-refractivity contribution is 9.10. The number of likely N-dealkylation sites (N-methyl/N-ethyl adjacent to an activating group) is 1. The van der Waals surface area contributed by atoms with Gasteiger partial charge in [-0.25, -0.2) is 0 Å². The Labute approximate surface area is 137 Å². The Morgan fingerprint density at radius 1 is 1.36 bits per heavy atom. The highest BCUT2D eigenvalue weighted by Crippen LogP contribution is 2.22. The summed E-state index contributed by atoms with van der Waals surface area (Å²) >= 11 is 3.34. The van der Waals surface area contributed by atoms with E-state index in [2.05, 4.69) is 25.9 Å². The molecule has 7 heteroatoms. The van der Waals surface area contributed by atoms with Gasteiger partial charge in [-0.2, -0.15) is 0 Å². The van der Waals surface area contributed by atoms with Gasteiger partial charge >= 0.3 is 0 Å². The maximum atomic E-state index is 12.3. The fourth-order valence-electron chi connectivity index (χ4n) is 2.54. The number of carbonyl (C=O) groups is 1. The zero-order valence-corrected chi connectivity index (χ0v) is 13.9. The van der Waals surface area contributed by atoms with Crippen LogP contribution in [0.3, 0.4) is 0 Å². The van der Waals surface area contributed by atoms with Crippen molar-refractivity contribution in [2.75, 3.05) is 33.2 Å². The van der Waals surface area contributed by atoms with E-state index in [9.17, 15) is 9.90 Å². The fourth-order valence-corrected chi connectivity index (χ4v) is 2.90. The zero-order chi connectivity index (χ0) is 15.7. The van der Waals surface area contributed by atoms with Crippen molar-refractivity contribution < 1.29 is 14.6 Å². The fraction of sp³-hybridized carbons (Fsp3) is 0.400. The average molecular weight is 365 g/mol. The summed E-state index contributed by atoms with van der Waals surface area (Å²) < 4.78 is 2.28. The summed E-state index contributed by atoms with van der Waals surface area (Å²) in [5.74, 6) is -0.126. The lowest BCUT2D eigenvalue weighted by Gasteiger charge is -2.31. The van der Waals surface area contributed by atoms with Crippen molar-refractivity contribution in [3.05, 3.63) is 28.9 Å². The molecule has 0 radical (unpaired) electrons. The number of nitrogens with zero attached hydrogens (tertiary/aromatic N) is 4. The first-order valence-corrected chi connectivity index (χ1v) is 7.95. The SMILES string of the molecule is CN1CCN(C(=O)C[n+]2cc([O-])c3cc(Br)ccc3n2)CC1. The van der Waals surface area contributed by atoms with Gasteiger partial charge in [-0.05, 0) is 31.0 Å². The summed E-state index contributed by atoms with van der Waals surface area (Å²) in [6, 6.07) is 5.36. The molecule has 0 bridgehead atoms. The molecule has 1 aliphatic rings. The molecule has 0 unspecified atom stereocenters. The van der Waals surface area contributed by atoms with Crippen molar-refractivity contribution in [2.24, 2.45) is 0 Å². The van der Waals surface area contributed by atoms with E-state index in [-0.39, 0.29) is 18.2 Å². The minimum atomic E-state index is -0.127. The Morgan fingerprint density at radius 3 is 2.82 bits per heavy atom. The lowest BCUT2D eigenvalue weighted by Crippen LogP contribution is -2.52. The molecule has 6 nitrogen and oxygen atoms in total. The number of fused-ring (bicyclic) bond motifs is 1. The second-order valence-corrected chi connectivity index (χ2v) is 6.45. The maximum absolute atomic E-state index is 12.3. The Bertz CT molecular complexity index is 714. The Balaban J connectivity index is 1.79. The van der Waals surface area contributed by atoms with E-state index in [1.165, 1.54) is 10.9 Å². The van der Waals surface area contributed by atoms with Crippen molar-refractivity contribution >= 4 is 32.7 Å². The molecule has 116 valence electrons. The van der Waals surface area contributed by atoms with E-state index in [4.69, 9.17) is 0 Å². The summed E-state index contributed by atoms with van der Waals surface area (Å²) in [4.78, 5) is 16.3. The maximum Gasteiger partial charge on any atom is 0.291 e. The van der Waals surface area contributed by atoms with Crippen LogP contribution in [0, 0.1) is 0 Å². The van der Waals surface area contributed by atoms with Crippen molar-refractivity contribution in [1.29, 1.82) is 0 Å². The summed E-state index contributed by atoms with van der Waals surface area (Å²) in [6.07, 6.45) is 1.39. The van der Waals surface area contributed by atoms with Crippen molar-refractivity contribution in [1.82, 2.24) is 14.9 Å². The van der Waals surface area contributed by atoms with Gasteiger partial charge in [0.1, 0.15) is 5.52 Å². The molecule has 0 saturated carbocycles. The summed E-state index contributed by atoms with van der Waals surface area (Å²) in [6.45, 7) is 3.30. The number of hydrogen-bond acceptors (Lipinski definition) is 4. The molecule has 0 atom stereocenters. The van der Waals surface area contributed by atoms with Gasteiger partial charge in [0.25, 0.3) is 12.5 Å². The molecule has 1 aliphatic heterocycles. The van der Waals surface area contributed by atoms with E-state index < -0.39 is 0 Å². The zero-order valence-electron chi connectivity index (χ0n) is 12.3. The van der Waals surface area contributed by atoms with Crippen molar-refractivity contribution in [3.8, 4) is 5.75 Å². The quantitative estimate of drug-likeness (QED) is 0.710. The van der Waals surface area contributed by atoms with Gasteiger partial charge < -0.3 is 14.9 Å². The van der Waals surface area contributed by atoms with Crippen LogP contribution in [0.5, 0.6) is 5.75 Å². The largest absolute Gasteiger partial charge is 0.868 e. The molecule has 2 aromatic rings. The van der Waals surface area contributed by atoms with Crippen molar-refractivity contribution in [3.63, 3.8) is 0 Å². The van der Waals surface area contributed by atoms with Crippen LogP contribution >= 0.6 is 15.9 Å². The summed E-state index contributed by atoms with van der Waals surface area (Å²) in [7, 11) is 2.04. The Hall–Kier alpha value is -1.73. The molecule has 3 rings (SSSR count). The molecule has 0 aliphatic carbocycles. The Kier molecular flexibility index (Phi) is 4.26. The predicted molar refractivity (Wildman–Crippen MR) is 83.2 cm³/mol. The first-order valence-electron chi connectivity index (χ1n) is 7.16. The number of rotatable bonds is 2. The van der Waals surface area contributed by atoms with Crippen LogP contribution in [0.25, 0.3) is 10.9 Å². The van der Waals surface area contributed by atoms with Crippen LogP contribution < -0.4 is 9.79 Å². The molecule has 22 heavy (non-hydrogen) atoms. The molecular weight excluding hydrogens is 348 g/mol. The first-order chi connectivity index (χ1) is 10.5. The van der Waals surface area contributed by atoms with Gasteiger partial charge in [-0.1, -0.05) is 20.6 Å². The highest BCUT2D eigenvalue weighted by atomic mass is 79.9. The lowest BCUT2D eigenvalue weighted by atomic mass is 10.2. The van der Waals surface area contributed by atoms with E-state index >= 15 is 0 Å². The monoisotopic (exact) mass is 364 g/mol. The Morgan fingerprint density at radius 2 is 2.09 bits per heavy atom. The van der Waals surface area contributed by atoms with Gasteiger partial charge in [0.2, 0.25) is 0 Å². The molecule has 1 aromatic heterocycles. The van der Waals surface area contributed by atoms with Crippen LogP contribution in [0.2, 0.25) is 0 Å². The molecule has 1 amide bonds. The smallest absolute Gasteiger partial charge is 0.291 e. The standard InChI is InChI=1S/C15H17BrN4O2/c1-18-4-6-19(7-5-18)15(22)10-20-9-14(21)12-8-11(16)2-3-13(12)17-20/h2-3,8-9H,4-7,10H2,1H3. The van der Waals surface area contributed by atoms with E-state index in [0.29, 0.717) is 10.9 Å². The second kappa shape index (κ2) is 6.18. The predicted octanol–water partition coefficient (Wildman–Crippen LogP) is 0.132. The highest BCUT2D eigenvalue weighted by Gasteiger charge is 2.23. The van der Waals surface area contributed by atoms with Crippen LogP contribution in [0.15, 0.2) is 28.9 Å². The lowest BCUT2D eigenvalue weighted by molar-refractivity contribution is -0.742. The third-order valence-electron chi connectivity index (χ3n) is 3.88. The minimum absolute atomic E-state index is 0.00135. The number of aromatic nitrogens is 2. The van der Waals surface area contributed by atoms with Gasteiger partial charge in [-0.15, -0.1) is 0 Å². The van der Waals surface area contributed by atoms with E-state index in [0.717, 1.165) is 30.7 Å². The topological polar surface area (TPSA) is 63.4 Å². The molecular formula is C15H17BrN4O2. The number of carbonyl (C=O) groups excluding carboxylic acids is 1. The number of hydrogen-bond donors (Lipinski definition) is 0. The van der Waals surface area contributed by atoms with Gasteiger partial charge in [0.05, 0.1) is 0 Å². The van der Waals surface area contributed by atoms with Gasteiger partial charge in [0.15, 0.2) is 6.20 Å². The second-order valence-electron chi connectivity index (χ2n) is 5.54. The average Bonchev–Trinajstić information content (AvgIpc) is 2.49. The number of piperazine rings is 1. The third kappa shape index (κ3) is 3.20. The van der Waals surface area contributed by atoms with Crippen LogP contribution in [-0.4, -0.2) is 54.0 Å². The summed E-state index contributed by atoms with van der Waals surface area (Å²) in [5, 5.41) is 17.1. The molecule has 2 heterocycles. The number of amides is 1. The first kappa shape index (κ1) is 15.2.